The lowest BCUT2D eigenvalue weighted by molar-refractivity contribution is 0.571. The van der Waals surface area contributed by atoms with Gasteiger partial charge in [0.1, 0.15) is 0 Å². The second kappa shape index (κ2) is 6.04. The molecule has 3 N–H and O–H groups in total. The molecule has 0 radical (unpaired) electrons. The Bertz CT molecular complexity index is 694. The van der Waals surface area contributed by atoms with Crippen molar-refractivity contribution < 1.29 is 16.8 Å². The summed E-state index contributed by atoms with van der Waals surface area (Å²) in [7, 11) is -6.85. The second-order valence-corrected chi connectivity index (χ2v) is 9.51. The van der Waals surface area contributed by atoms with Crippen LogP contribution in [0.5, 0.6) is 0 Å². The number of benzene rings is 1. The van der Waals surface area contributed by atoms with E-state index in [1.165, 1.54) is 12.1 Å². The highest BCUT2D eigenvalue weighted by molar-refractivity contribution is 7.92. The fraction of sp³-hybridized carbons (Fsp3) is 0.538. The van der Waals surface area contributed by atoms with Crippen molar-refractivity contribution in [3.63, 3.8) is 0 Å². The van der Waals surface area contributed by atoms with Gasteiger partial charge in [0.15, 0.2) is 9.84 Å². The lowest BCUT2D eigenvalue weighted by atomic mass is 10.1. The molecule has 0 amide bonds. The van der Waals surface area contributed by atoms with Gasteiger partial charge in [-0.15, -0.1) is 0 Å². The van der Waals surface area contributed by atoms with Crippen LogP contribution in [0.4, 0.5) is 0 Å². The maximum atomic E-state index is 12.1. The smallest absolute Gasteiger partial charge is 0.240 e. The summed E-state index contributed by atoms with van der Waals surface area (Å²) in [5.41, 5.74) is 6.55. The van der Waals surface area contributed by atoms with E-state index in [4.69, 9.17) is 5.73 Å². The van der Waals surface area contributed by atoms with Gasteiger partial charge in [-0.3, -0.25) is 0 Å². The van der Waals surface area contributed by atoms with E-state index in [1.807, 2.05) is 6.92 Å². The number of sulfonamides is 1. The van der Waals surface area contributed by atoms with Crippen molar-refractivity contribution in [1.29, 1.82) is 0 Å². The highest BCUT2D eigenvalue weighted by Crippen LogP contribution is 2.20. The van der Waals surface area contributed by atoms with Crippen LogP contribution in [0.15, 0.2) is 29.2 Å². The summed E-state index contributed by atoms with van der Waals surface area (Å²) in [6.45, 7) is 1.74. The lowest BCUT2D eigenvalue weighted by Gasteiger charge is -2.12. The Hall–Kier alpha value is -0.960. The Morgan fingerprint density at radius 2 is 1.95 bits per heavy atom. The van der Waals surface area contributed by atoms with Crippen LogP contribution in [0.1, 0.15) is 31.4 Å². The highest BCUT2D eigenvalue weighted by atomic mass is 32.2. The standard InChI is InChI=1S/C13H20N2O4S2/c1-10(14)11-4-6-12(7-5-11)21(18,19)15-9-13-3-2-8-20(13,16)17/h4-7,10,13,15H,2-3,8-9,14H2,1H3. The van der Waals surface area contributed by atoms with E-state index in [-0.39, 0.29) is 23.2 Å². The predicted octanol–water partition coefficient (Wildman–Crippen LogP) is 0.562. The molecule has 0 saturated carbocycles. The summed E-state index contributed by atoms with van der Waals surface area (Å²) in [5, 5.41) is -0.615. The van der Waals surface area contributed by atoms with E-state index < -0.39 is 25.1 Å². The molecule has 0 aliphatic carbocycles. The fourth-order valence-electron chi connectivity index (χ4n) is 2.32. The van der Waals surface area contributed by atoms with Crippen LogP contribution in [0.2, 0.25) is 0 Å². The summed E-state index contributed by atoms with van der Waals surface area (Å²) >= 11 is 0. The van der Waals surface area contributed by atoms with Gasteiger partial charge in [-0.25, -0.2) is 21.6 Å². The monoisotopic (exact) mass is 332 g/mol. The Balaban J connectivity index is 2.08. The third-order valence-electron chi connectivity index (χ3n) is 3.68. The van der Waals surface area contributed by atoms with Gasteiger partial charge in [-0.2, -0.15) is 0 Å². The molecule has 0 aromatic heterocycles. The summed E-state index contributed by atoms with van der Waals surface area (Å²) in [6, 6.07) is 6.10. The van der Waals surface area contributed by atoms with Crippen molar-refractivity contribution in [3.8, 4) is 0 Å². The molecule has 8 heteroatoms. The van der Waals surface area contributed by atoms with Gasteiger partial charge in [-0.05, 0) is 37.5 Å². The van der Waals surface area contributed by atoms with E-state index in [0.717, 1.165) is 5.56 Å². The number of rotatable bonds is 5. The SMILES string of the molecule is CC(N)c1ccc(S(=O)(=O)NCC2CCCS2(=O)=O)cc1. The largest absolute Gasteiger partial charge is 0.324 e. The van der Waals surface area contributed by atoms with Crippen molar-refractivity contribution in [2.45, 2.75) is 36.0 Å². The number of hydrogen-bond donors (Lipinski definition) is 2. The van der Waals surface area contributed by atoms with Gasteiger partial charge >= 0.3 is 0 Å². The third kappa shape index (κ3) is 3.82. The van der Waals surface area contributed by atoms with Gasteiger partial charge in [0, 0.05) is 12.6 Å². The predicted molar refractivity (Wildman–Crippen MR) is 81.0 cm³/mol. The molecule has 2 rings (SSSR count). The fourth-order valence-corrected chi connectivity index (χ4v) is 5.28. The van der Waals surface area contributed by atoms with Crippen LogP contribution in [0.3, 0.4) is 0 Å². The Morgan fingerprint density at radius 3 is 2.43 bits per heavy atom. The quantitative estimate of drug-likeness (QED) is 0.819. The minimum atomic E-state index is -3.70. The molecule has 1 heterocycles. The minimum Gasteiger partial charge on any atom is -0.324 e. The van der Waals surface area contributed by atoms with Crippen LogP contribution in [0.25, 0.3) is 0 Å². The van der Waals surface area contributed by atoms with Crippen molar-refractivity contribution >= 4 is 19.9 Å². The first-order valence-corrected chi connectivity index (χ1v) is 9.99. The maximum absolute atomic E-state index is 12.1. The molecular weight excluding hydrogens is 312 g/mol. The van der Waals surface area contributed by atoms with Crippen molar-refractivity contribution in [3.05, 3.63) is 29.8 Å². The maximum Gasteiger partial charge on any atom is 0.240 e. The van der Waals surface area contributed by atoms with Crippen LogP contribution >= 0.6 is 0 Å². The molecule has 1 fully saturated rings. The molecular formula is C13H20N2O4S2. The number of nitrogens with one attached hydrogen (secondary N) is 1. The first kappa shape index (κ1) is 16.4. The summed E-state index contributed by atoms with van der Waals surface area (Å²) < 4.78 is 50.0. The Labute approximate surface area is 125 Å². The topological polar surface area (TPSA) is 106 Å². The zero-order chi connectivity index (χ0) is 15.7. The third-order valence-corrected chi connectivity index (χ3v) is 7.40. The van der Waals surface area contributed by atoms with Crippen molar-refractivity contribution in [1.82, 2.24) is 4.72 Å². The second-order valence-electron chi connectivity index (χ2n) is 5.34. The zero-order valence-corrected chi connectivity index (χ0v) is 13.5. The first-order chi connectivity index (χ1) is 9.72. The van der Waals surface area contributed by atoms with Gasteiger partial charge in [0.05, 0.1) is 15.9 Å². The Kier molecular flexibility index (Phi) is 4.72. The molecule has 1 aromatic carbocycles. The van der Waals surface area contributed by atoms with Gasteiger partial charge in [0.25, 0.3) is 0 Å². The number of sulfone groups is 1. The molecule has 2 unspecified atom stereocenters. The summed E-state index contributed by atoms with van der Waals surface area (Å²) in [4.78, 5) is 0.113. The number of nitrogens with two attached hydrogens (primary N) is 1. The molecule has 0 spiro atoms. The molecule has 118 valence electrons. The number of hydrogen-bond acceptors (Lipinski definition) is 5. The minimum absolute atomic E-state index is 0.0697. The van der Waals surface area contributed by atoms with E-state index in [9.17, 15) is 16.8 Å². The molecule has 2 atom stereocenters. The van der Waals surface area contributed by atoms with Crippen LogP contribution < -0.4 is 10.5 Å². The average Bonchev–Trinajstić information content (AvgIpc) is 2.75. The van der Waals surface area contributed by atoms with Crippen LogP contribution in [-0.4, -0.2) is 34.4 Å². The van der Waals surface area contributed by atoms with E-state index in [2.05, 4.69) is 4.72 Å². The van der Waals surface area contributed by atoms with Crippen molar-refractivity contribution in [2.75, 3.05) is 12.3 Å². The molecule has 0 bridgehead atoms. The zero-order valence-electron chi connectivity index (χ0n) is 11.8. The molecule has 21 heavy (non-hydrogen) atoms. The first-order valence-electron chi connectivity index (χ1n) is 6.79. The molecule has 1 aliphatic rings. The highest BCUT2D eigenvalue weighted by Gasteiger charge is 2.32. The van der Waals surface area contributed by atoms with Gasteiger partial charge < -0.3 is 5.73 Å². The van der Waals surface area contributed by atoms with E-state index >= 15 is 0 Å². The van der Waals surface area contributed by atoms with E-state index in [0.29, 0.717) is 12.8 Å². The lowest BCUT2D eigenvalue weighted by Crippen LogP contribution is -2.34. The summed E-state index contributed by atoms with van der Waals surface area (Å²) in [5.74, 6) is 0.141. The van der Waals surface area contributed by atoms with E-state index in [1.54, 1.807) is 12.1 Å². The van der Waals surface area contributed by atoms with Gasteiger partial charge in [-0.1, -0.05) is 12.1 Å². The average molecular weight is 332 g/mol. The molecule has 6 nitrogen and oxygen atoms in total. The molecule has 1 saturated heterocycles. The molecule has 1 aliphatic heterocycles. The van der Waals surface area contributed by atoms with Crippen LogP contribution in [0, 0.1) is 0 Å². The van der Waals surface area contributed by atoms with Crippen molar-refractivity contribution in [2.24, 2.45) is 5.73 Å². The van der Waals surface area contributed by atoms with Crippen LogP contribution in [-0.2, 0) is 19.9 Å². The Morgan fingerprint density at radius 1 is 1.33 bits per heavy atom. The summed E-state index contributed by atoms with van der Waals surface area (Å²) in [6.07, 6.45) is 1.10. The van der Waals surface area contributed by atoms with Gasteiger partial charge in [0.2, 0.25) is 10.0 Å². The normalized spacial score (nSPS) is 23.0. The molecule has 1 aromatic rings.